The first-order valence-corrected chi connectivity index (χ1v) is 9.10. The summed E-state index contributed by atoms with van der Waals surface area (Å²) >= 11 is 1.29. The van der Waals surface area contributed by atoms with Crippen LogP contribution in [0.4, 0.5) is 0 Å². The first-order chi connectivity index (χ1) is 13.1. The molecule has 136 valence electrons. The summed E-state index contributed by atoms with van der Waals surface area (Å²) in [5, 5.41) is 6.72. The molecule has 4 rings (SSSR count). The number of H-pyrrole nitrogens is 1. The summed E-state index contributed by atoms with van der Waals surface area (Å²) in [6.07, 6.45) is 0. The first-order valence-electron chi connectivity index (χ1n) is 8.22. The first kappa shape index (κ1) is 17.1. The minimum absolute atomic E-state index is 0.0472. The molecule has 0 fully saturated rings. The van der Waals surface area contributed by atoms with E-state index in [9.17, 15) is 14.4 Å². The molecule has 4 aromatic rings. The van der Waals surface area contributed by atoms with Crippen LogP contribution in [-0.2, 0) is 17.9 Å². The minimum atomic E-state index is -0.693. The topological polar surface area (TPSA) is 107 Å². The number of rotatable bonds is 4. The van der Waals surface area contributed by atoms with E-state index in [2.05, 4.69) is 15.1 Å². The number of aryl methyl sites for hydroxylation is 1. The van der Waals surface area contributed by atoms with Gasteiger partial charge in [-0.2, -0.15) is 5.10 Å². The normalized spacial score (nSPS) is 11.1. The second kappa shape index (κ2) is 6.76. The van der Waals surface area contributed by atoms with Crippen molar-refractivity contribution in [3.05, 3.63) is 67.9 Å². The van der Waals surface area contributed by atoms with Gasteiger partial charge in [0.2, 0.25) is 0 Å². The number of carbonyl (C=O) groups is 1. The van der Waals surface area contributed by atoms with E-state index in [0.29, 0.717) is 27.5 Å². The zero-order valence-corrected chi connectivity index (χ0v) is 15.1. The number of ether oxygens (including phenoxy) is 1. The Bertz CT molecular complexity index is 1290. The Morgan fingerprint density at radius 1 is 1.22 bits per heavy atom. The van der Waals surface area contributed by atoms with Crippen LogP contribution in [0.25, 0.3) is 21.0 Å². The number of aromatic nitrogens is 4. The third-order valence-electron chi connectivity index (χ3n) is 4.06. The molecule has 0 aliphatic carbocycles. The summed E-state index contributed by atoms with van der Waals surface area (Å²) in [5.74, 6) is -0.450. The van der Waals surface area contributed by atoms with Gasteiger partial charge in [0.25, 0.3) is 11.1 Å². The highest BCUT2D eigenvalue weighted by Gasteiger charge is 2.18. The molecule has 0 saturated heterocycles. The van der Waals surface area contributed by atoms with Crippen molar-refractivity contribution >= 4 is 38.3 Å². The summed E-state index contributed by atoms with van der Waals surface area (Å²) < 4.78 is 7.04. The molecule has 3 heterocycles. The molecule has 8 nitrogen and oxygen atoms in total. The Kier molecular flexibility index (Phi) is 4.28. The van der Waals surface area contributed by atoms with Crippen LogP contribution in [0.1, 0.15) is 23.2 Å². The maximum atomic E-state index is 12.6. The molecular formula is C18H14N4O4S. The monoisotopic (exact) mass is 382 g/mol. The van der Waals surface area contributed by atoms with Gasteiger partial charge >= 0.3 is 5.97 Å². The van der Waals surface area contributed by atoms with Crippen molar-refractivity contribution in [2.24, 2.45) is 0 Å². The zero-order valence-electron chi connectivity index (χ0n) is 14.3. The highest BCUT2D eigenvalue weighted by Crippen LogP contribution is 2.16. The van der Waals surface area contributed by atoms with E-state index in [4.69, 9.17) is 4.74 Å². The maximum Gasteiger partial charge on any atom is 0.359 e. The number of hydrogen-bond acceptors (Lipinski definition) is 7. The van der Waals surface area contributed by atoms with Gasteiger partial charge in [0, 0.05) is 11.9 Å². The zero-order chi connectivity index (χ0) is 19.0. The third kappa shape index (κ3) is 3.02. The largest absolute Gasteiger partial charge is 0.453 e. The summed E-state index contributed by atoms with van der Waals surface area (Å²) in [7, 11) is 0. The standard InChI is InChI=1S/C18H14N4O4S/c1-2-22-17(24)11-6-4-3-5-10(11)14(21-22)18(25)26-9-13-19-12-7-8-27-15(12)16(23)20-13/h3-8H,2,9H2,1H3,(H,19,20,23). The van der Waals surface area contributed by atoms with E-state index < -0.39 is 5.97 Å². The van der Waals surface area contributed by atoms with Crippen LogP contribution in [0.3, 0.4) is 0 Å². The van der Waals surface area contributed by atoms with E-state index in [1.54, 1.807) is 42.6 Å². The smallest absolute Gasteiger partial charge is 0.359 e. The van der Waals surface area contributed by atoms with Crippen LogP contribution in [-0.4, -0.2) is 25.7 Å². The average molecular weight is 382 g/mol. The van der Waals surface area contributed by atoms with E-state index in [1.165, 1.54) is 16.0 Å². The van der Waals surface area contributed by atoms with E-state index in [-0.39, 0.29) is 29.2 Å². The molecule has 9 heteroatoms. The minimum Gasteiger partial charge on any atom is -0.453 e. The van der Waals surface area contributed by atoms with Crippen molar-refractivity contribution in [3.63, 3.8) is 0 Å². The van der Waals surface area contributed by atoms with Crippen LogP contribution < -0.4 is 11.1 Å². The third-order valence-corrected chi connectivity index (χ3v) is 4.97. The quantitative estimate of drug-likeness (QED) is 0.542. The fourth-order valence-electron chi connectivity index (χ4n) is 2.79. The molecule has 0 spiro atoms. The van der Waals surface area contributed by atoms with Crippen molar-refractivity contribution in [3.8, 4) is 0 Å². The Morgan fingerprint density at radius 3 is 2.78 bits per heavy atom. The van der Waals surface area contributed by atoms with Crippen molar-refractivity contribution in [1.29, 1.82) is 0 Å². The Hall–Kier alpha value is -3.33. The number of esters is 1. The lowest BCUT2D eigenvalue weighted by Gasteiger charge is -2.09. The predicted octanol–water partition coefficient (Wildman–Crippen LogP) is 2.07. The number of fused-ring (bicyclic) bond motifs is 2. The fraction of sp³-hybridized carbons (Fsp3) is 0.167. The molecule has 1 aromatic carbocycles. The second-order valence-corrected chi connectivity index (χ2v) is 6.65. The van der Waals surface area contributed by atoms with Gasteiger partial charge in [-0.05, 0) is 24.4 Å². The van der Waals surface area contributed by atoms with Crippen molar-refractivity contribution < 1.29 is 9.53 Å². The number of nitrogens with one attached hydrogen (secondary N) is 1. The summed E-state index contributed by atoms with van der Waals surface area (Å²) in [6, 6.07) is 8.47. The Labute approximate surface area is 156 Å². The Balaban J connectivity index is 1.67. The van der Waals surface area contributed by atoms with E-state index in [0.717, 1.165) is 0 Å². The average Bonchev–Trinajstić information content (AvgIpc) is 3.16. The predicted molar refractivity (Wildman–Crippen MR) is 101 cm³/mol. The number of nitrogens with zero attached hydrogens (tertiary/aromatic N) is 3. The van der Waals surface area contributed by atoms with Gasteiger partial charge in [-0.3, -0.25) is 9.59 Å². The van der Waals surface area contributed by atoms with Crippen LogP contribution in [0.5, 0.6) is 0 Å². The SMILES string of the molecule is CCn1nc(C(=O)OCc2nc3ccsc3c(=O)[nH]2)c2ccccc2c1=O. The van der Waals surface area contributed by atoms with Gasteiger partial charge in [-0.1, -0.05) is 18.2 Å². The summed E-state index contributed by atoms with van der Waals surface area (Å²) in [4.78, 5) is 43.8. The molecule has 0 aliphatic heterocycles. The molecule has 27 heavy (non-hydrogen) atoms. The van der Waals surface area contributed by atoms with Gasteiger partial charge < -0.3 is 9.72 Å². The van der Waals surface area contributed by atoms with Crippen LogP contribution in [0, 0.1) is 0 Å². The molecule has 0 radical (unpaired) electrons. The summed E-state index contributed by atoms with van der Waals surface area (Å²) in [5.41, 5.74) is 0.0617. The van der Waals surface area contributed by atoms with Gasteiger partial charge in [-0.15, -0.1) is 11.3 Å². The lowest BCUT2D eigenvalue weighted by atomic mass is 10.1. The molecule has 0 atom stereocenters. The fourth-order valence-corrected chi connectivity index (χ4v) is 3.52. The van der Waals surface area contributed by atoms with E-state index >= 15 is 0 Å². The van der Waals surface area contributed by atoms with Crippen LogP contribution in [0.2, 0.25) is 0 Å². The molecule has 3 aromatic heterocycles. The highest BCUT2D eigenvalue weighted by atomic mass is 32.1. The molecule has 0 unspecified atom stereocenters. The second-order valence-electron chi connectivity index (χ2n) is 5.74. The van der Waals surface area contributed by atoms with Crippen LogP contribution >= 0.6 is 11.3 Å². The lowest BCUT2D eigenvalue weighted by molar-refractivity contribution is 0.0455. The highest BCUT2D eigenvalue weighted by molar-refractivity contribution is 7.17. The maximum absolute atomic E-state index is 12.6. The van der Waals surface area contributed by atoms with Gasteiger partial charge in [0.1, 0.15) is 17.1 Å². The lowest BCUT2D eigenvalue weighted by Crippen LogP contribution is -2.26. The molecular weight excluding hydrogens is 368 g/mol. The molecule has 0 aliphatic rings. The molecule has 0 amide bonds. The number of aromatic amines is 1. The number of hydrogen-bond donors (Lipinski definition) is 1. The number of carbonyl (C=O) groups excluding carboxylic acids is 1. The van der Waals surface area contributed by atoms with Gasteiger partial charge in [0.15, 0.2) is 5.69 Å². The van der Waals surface area contributed by atoms with Crippen LogP contribution in [0.15, 0.2) is 45.3 Å². The molecule has 0 bridgehead atoms. The molecule has 0 saturated carbocycles. The number of benzene rings is 1. The van der Waals surface area contributed by atoms with Gasteiger partial charge in [-0.25, -0.2) is 14.5 Å². The van der Waals surface area contributed by atoms with Gasteiger partial charge in [0.05, 0.1) is 10.9 Å². The van der Waals surface area contributed by atoms with Crippen molar-refractivity contribution in [2.45, 2.75) is 20.1 Å². The van der Waals surface area contributed by atoms with Crippen molar-refractivity contribution in [1.82, 2.24) is 19.7 Å². The van der Waals surface area contributed by atoms with E-state index in [1.807, 2.05) is 0 Å². The number of thiophene rings is 1. The van der Waals surface area contributed by atoms with Crippen molar-refractivity contribution in [2.75, 3.05) is 0 Å². The molecule has 1 N–H and O–H groups in total. The summed E-state index contributed by atoms with van der Waals surface area (Å²) in [6.45, 7) is 1.89. The Morgan fingerprint density at radius 2 is 2.00 bits per heavy atom.